The van der Waals surface area contributed by atoms with E-state index in [9.17, 15) is 9.90 Å². The van der Waals surface area contributed by atoms with Crippen molar-refractivity contribution in [1.82, 2.24) is 9.38 Å². The van der Waals surface area contributed by atoms with Gasteiger partial charge in [0.15, 0.2) is 6.10 Å². The average Bonchev–Trinajstić information content (AvgIpc) is 3.46. The number of carboxylic acid groups (broad SMARTS) is 1. The first-order chi connectivity index (χ1) is 23.2. The van der Waals surface area contributed by atoms with E-state index in [0.29, 0.717) is 37.3 Å². The number of benzene rings is 2. The molecule has 1 aliphatic rings. The van der Waals surface area contributed by atoms with Gasteiger partial charge in [0.25, 0.3) is 0 Å². The van der Waals surface area contributed by atoms with Crippen LogP contribution in [0.2, 0.25) is 0 Å². The van der Waals surface area contributed by atoms with Gasteiger partial charge in [-0.25, -0.2) is 9.78 Å². The minimum Gasteiger partial charge on any atom is -0.489 e. The molecule has 8 nitrogen and oxygen atoms in total. The van der Waals surface area contributed by atoms with E-state index in [0.717, 1.165) is 57.9 Å². The molecule has 2 aromatic heterocycles. The Balaban J connectivity index is 1.72. The summed E-state index contributed by atoms with van der Waals surface area (Å²) in [7, 11) is 0. The van der Waals surface area contributed by atoms with Gasteiger partial charge in [0.05, 0.1) is 29.6 Å². The van der Waals surface area contributed by atoms with Gasteiger partial charge in [-0.05, 0) is 84.6 Å². The largest absolute Gasteiger partial charge is 0.489 e. The summed E-state index contributed by atoms with van der Waals surface area (Å²) in [6.07, 6.45) is 6.59. The highest BCUT2D eigenvalue weighted by atomic mass is 16.5. The molecule has 0 bridgehead atoms. The van der Waals surface area contributed by atoms with E-state index in [4.69, 9.17) is 19.2 Å². The quantitative estimate of drug-likeness (QED) is 0.143. The molecule has 0 spiro atoms. The lowest BCUT2D eigenvalue weighted by atomic mass is 9.92. The number of carboxylic acids is 1. The summed E-state index contributed by atoms with van der Waals surface area (Å²) in [6, 6.07) is 16.5. The standard InChI is InChI=1S/C41H51N3O5/c1-10-14-29(5)48-36-31(30-16-12-15-27(3)24-30)17-13-18-32(36)33-26-44-34(42-33)25-28(4)35(37(39(45)46)49-40(6,7)8)38(44)43-21-19-41(9,20-22-43)47-23-11-2/h10-13,15-18,24-26,29,37H,1-2,14,19-23H2,3-9H3,(H,45,46)/t29-,37?/m0/s1. The fourth-order valence-corrected chi connectivity index (χ4v) is 6.59. The van der Waals surface area contributed by atoms with Gasteiger partial charge in [0, 0.05) is 42.4 Å². The third kappa shape index (κ3) is 8.09. The Labute approximate surface area is 291 Å². The fourth-order valence-electron chi connectivity index (χ4n) is 6.59. The molecule has 0 amide bonds. The first kappa shape index (κ1) is 35.9. The molecular weight excluding hydrogens is 614 g/mol. The normalized spacial score (nSPS) is 15.9. The number of fused-ring (bicyclic) bond motifs is 1. The molecule has 1 aliphatic heterocycles. The summed E-state index contributed by atoms with van der Waals surface area (Å²) in [4.78, 5) is 20.3. The predicted molar refractivity (Wildman–Crippen MR) is 198 cm³/mol. The number of rotatable bonds is 13. The van der Waals surface area contributed by atoms with Crippen LogP contribution in [0, 0.1) is 13.8 Å². The fraction of sp³-hybridized carbons (Fsp3) is 0.415. The number of piperidine rings is 1. The lowest BCUT2D eigenvalue weighted by Crippen LogP contribution is -2.45. The van der Waals surface area contributed by atoms with E-state index in [2.05, 4.69) is 62.2 Å². The molecule has 0 radical (unpaired) electrons. The lowest BCUT2D eigenvalue weighted by molar-refractivity contribution is -0.160. The van der Waals surface area contributed by atoms with E-state index >= 15 is 0 Å². The smallest absolute Gasteiger partial charge is 0.337 e. The molecule has 0 saturated carbocycles. The summed E-state index contributed by atoms with van der Waals surface area (Å²) in [5.74, 6) is 0.485. The van der Waals surface area contributed by atoms with E-state index < -0.39 is 17.7 Å². The Morgan fingerprint density at radius 2 is 1.76 bits per heavy atom. The van der Waals surface area contributed by atoms with Crippen LogP contribution in [0.15, 0.2) is 80.0 Å². The van der Waals surface area contributed by atoms with Crippen molar-refractivity contribution in [3.8, 4) is 28.1 Å². The van der Waals surface area contributed by atoms with Crippen molar-refractivity contribution in [2.24, 2.45) is 0 Å². The van der Waals surface area contributed by atoms with Gasteiger partial charge >= 0.3 is 5.97 Å². The zero-order chi connectivity index (χ0) is 35.5. The number of aliphatic carboxylic acids is 1. The highest BCUT2D eigenvalue weighted by Crippen LogP contribution is 2.43. The van der Waals surface area contributed by atoms with Crippen molar-refractivity contribution >= 4 is 17.4 Å². The van der Waals surface area contributed by atoms with E-state index in [1.54, 1.807) is 6.08 Å². The molecule has 2 aromatic carbocycles. The second-order valence-corrected chi connectivity index (χ2v) is 14.4. The van der Waals surface area contributed by atoms with Crippen molar-refractivity contribution in [3.63, 3.8) is 0 Å². The number of nitrogens with zero attached hydrogens (tertiary/aromatic N) is 3. The molecule has 4 aromatic rings. The molecule has 5 rings (SSSR count). The topological polar surface area (TPSA) is 85.5 Å². The van der Waals surface area contributed by atoms with Crippen LogP contribution in [0.25, 0.3) is 28.0 Å². The minimum atomic E-state index is -1.18. The molecule has 1 N–H and O–H groups in total. The first-order valence-electron chi connectivity index (χ1n) is 17.1. The number of imidazole rings is 1. The zero-order valence-corrected chi connectivity index (χ0v) is 30.1. The Morgan fingerprint density at radius 3 is 2.39 bits per heavy atom. The van der Waals surface area contributed by atoms with Crippen LogP contribution in [0.1, 0.15) is 76.7 Å². The maximum Gasteiger partial charge on any atom is 0.337 e. The van der Waals surface area contributed by atoms with Gasteiger partial charge < -0.3 is 24.2 Å². The highest BCUT2D eigenvalue weighted by Gasteiger charge is 2.37. The van der Waals surface area contributed by atoms with Gasteiger partial charge in [0.2, 0.25) is 0 Å². The van der Waals surface area contributed by atoms with Gasteiger partial charge in [-0.1, -0.05) is 54.1 Å². The Kier molecular flexibility index (Phi) is 10.7. The molecule has 1 unspecified atom stereocenters. The van der Waals surface area contributed by atoms with Crippen molar-refractivity contribution < 1.29 is 24.1 Å². The van der Waals surface area contributed by atoms with Crippen LogP contribution in [-0.2, 0) is 14.3 Å². The van der Waals surface area contributed by atoms with Crippen molar-refractivity contribution in [3.05, 3.63) is 96.7 Å². The maximum atomic E-state index is 12.9. The van der Waals surface area contributed by atoms with Gasteiger partial charge in [0.1, 0.15) is 17.2 Å². The van der Waals surface area contributed by atoms with E-state index in [1.807, 2.05) is 69.5 Å². The number of ether oxygens (including phenoxy) is 3. The highest BCUT2D eigenvalue weighted by molar-refractivity contribution is 5.83. The van der Waals surface area contributed by atoms with Crippen LogP contribution >= 0.6 is 0 Å². The van der Waals surface area contributed by atoms with Crippen LogP contribution in [-0.4, -0.2) is 57.5 Å². The summed E-state index contributed by atoms with van der Waals surface area (Å²) in [5.41, 5.74) is 5.94. The lowest BCUT2D eigenvalue weighted by Gasteiger charge is -2.41. The monoisotopic (exact) mass is 665 g/mol. The first-order valence-corrected chi connectivity index (χ1v) is 17.1. The zero-order valence-electron chi connectivity index (χ0n) is 30.1. The SMILES string of the molecule is C=CCOC1(C)CCN(c2c(C(OC(C)(C)C)C(=O)O)c(C)cc3nc(-c4cccc(-c5cccc(C)c5)c4O[C@@H](C)CC=C)cn23)CC1. The number of para-hydroxylation sites is 1. The maximum absolute atomic E-state index is 12.9. The van der Waals surface area contributed by atoms with Gasteiger partial charge in [-0.2, -0.15) is 0 Å². The van der Waals surface area contributed by atoms with Crippen LogP contribution < -0.4 is 9.64 Å². The van der Waals surface area contributed by atoms with Crippen LogP contribution in [0.5, 0.6) is 5.75 Å². The van der Waals surface area contributed by atoms with Crippen LogP contribution in [0.3, 0.4) is 0 Å². The summed E-state index contributed by atoms with van der Waals surface area (Å²) >= 11 is 0. The molecule has 49 heavy (non-hydrogen) atoms. The molecule has 0 aliphatic carbocycles. The molecule has 3 heterocycles. The Bertz CT molecular complexity index is 1830. The third-order valence-electron chi connectivity index (χ3n) is 9.04. The third-order valence-corrected chi connectivity index (χ3v) is 9.04. The Morgan fingerprint density at radius 1 is 1.06 bits per heavy atom. The number of aryl methyl sites for hydroxylation is 2. The molecule has 1 fully saturated rings. The molecule has 2 atom stereocenters. The van der Waals surface area contributed by atoms with Crippen molar-refractivity contribution in [2.45, 2.75) is 91.1 Å². The van der Waals surface area contributed by atoms with E-state index in [1.165, 1.54) is 0 Å². The predicted octanol–water partition coefficient (Wildman–Crippen LogP) is 9.13. The Hall–Kier alpha value is -4.40. The van der Waals surface area contributed by atoms with E-state index in [-0.39, 0.29) is 11.7 Å². The summed E-state index contributed by atoms with van der Waals surface area (Å²) in [6.45, 7) is 23.4. The van der Waals surface area contributed by atoms with Gasteiger partial charge in [-0.3, -0.25) is 4.40 Å². The number of hydrogen-bond donors (Lipinski definition) is 1. The number of aromatic nitrogens is 2. The van der Waals surface area contributed by atoms with Crippen LogP contribution in [0.4, 0.5) is 5.82 Å². The number of hydrogen-bond acceptors (Lipinski definition) is 6. The molecule has 1 saturated heterocycles. The molecular formula is C41H51N3O5. The summed E-state index contributed by atoms with van der Waals surface area (Å²) in [5, 5.41) is 10.6. The number of anilines is 1. The molecule has 260 valence electrons. The minimum absolute atomic E-state index is 0.111. The number of carbonyl (C=O) groups is 1. The summed E-state index contributed by atoms with van der Waals surface area (Å²) < 4.78 is 21.2. The van der Waals surface area contributed by atoms with Gasteiger partial charge in [-0.15, -0.1) is 13.2 Å². The second kappa shape index (κ2) is 14.6. The second-order valence-electron chi connectivity index (χ2n) is 14.4. The van der Waals surface area contributed by atoms with Crippen molar-refractivity contribution in [1.29, 1.82) is 0 Å². The van der Waals surface area contributed by atoms with Crippen molar-refractivity contribution in [2.75, 3.05) is 24.6 Å². The molecule has 8 heteroatoms. The number of pyridine rings is 1. The average molecular weight is 666 g/mol.